The van der Waals surface area contributed by atoms with Gasteiger partial charge in [-0.25, -0.2) is 14.8 Å². The number of carbonyl (C=O) groups excluding carboxylic acids is 1. The molecule has 3 aromatic heterocycles. The molecule has 130 valence electrons. The summed E-state index contributed by atoms with van der Waals surface area (Å²) in [6, 6.07) is 1.23. The highest BCUT2D eigenvalue weighted by molar-refractivity contribution is 7.09. The van der Waals surface area contributed by atoms with Crippen molar-refractivity contribution >= 4 is 28.3 Å². The maximum absolute atomic E-state index is 12.7. The molecule has 0 saturated carbocycles. The number of thiazole rings is 1. The Labute approximate surface area is 146 Å². The second-order valence-electron chi connectivity index (χ2n) is 5.85. The summed E-state index contributed by atoms with van der Waals surface area (Å²) in [5.74, 6) is -0.417. The van der Waals surface area contributed by atoms with Crippen molar-refractivity contribution in [3.63, 3.8) is 0 Å². The van der Waals surface area contributed by atoms with E-state index in [1.807, 2.05) is 19.2 Å². The molecule has 2 N–H and O–H groups in total. The summed E-state index contributed by atoms with van der Waals surface area (Å²) in [5, 5.41) is 5.63. The van der Waals surface area contributed by atoms with Crippen LogP contribution >= 0.6 is 11.3 Å². The molecule has 1 atom stereocenters. The van der Waals surface area contributed by atoms with Gasteiger partial charge >= 0.3 is 5.69 Å². The molecule has 3 aromatic rings. The molecule has 0 saturated heterocycles. The number of aryl methyl sites for hydroxylation is 3. The zero-order valence-corrected chi connectivity index (χ0v) is 15.0. The first-order valence-corrected chi connectivity index (χ1v) is 8.49. The predicted molar refractivity (Wildman–Crippen MR) is 95.1 cm³/mol. The van der Waals surface area contributed by atoms with E-state index in [2.05, 4.69) is 20.3 Å². The van der Waals surface area contributed by atoms with E-state index in [4.69, 9.17) is 0 Å². The molecule has 0 aliphatic rings. The van der Waals surface area contributed by atoms with Gasteiger partial charge in [-0.3, -0.25) is 19.1 Å². The van der Waals surface area contributed by atoms with Crippen molar-refractivity contribution in [2.75, 3.05) is 0 Å². The summed E-state index contributed by atoms with van der Waals surface area (Å²) in [6.07, 6.45) is 0. The zero-order chi connectivity index (χ0) is 18.3. The highest BCUT2D eigenvalue weighted by Crippen LogP contribution is 2.19. The molecule has 3 rings (SSSR count). The molecule has 8 nitrogen and oxygen atoms in total. The van der Waals surface area contributed by atoms with E-state index in [0.717, 1.165) is 10.7 Å². The molecule has 0 aromatic carbocycles. The lowest BCUT2D eigenvalue weighted by molar-refractivity contribution is 0.0941. The van der Waals surface area contributed by atoms with Gasteiger partial charge in [0, 0.05) is 23.8 Å². The summed E-state index contributed by atoms with van der Waals surface area (Å²) in [5.41, 5.74) is 0.576. The number of carbonyl (C=O) groups is 1. The number of H-pyrrole nitrogens is 1. The number of fused-ring (bicyclic) bond motifs is 1. The molecule has 0 radical (unpaired) electrons. The molecule has 0 fully saturated rings. The summed E-state index contributed by atoms with van der Waals surface area (Å²) < 4.78 is 1.22. The minimum atomic E-state index is -0.631. The molecule has 0 unspecified atom stereocenters. The Morgan fingerprint density at radius 1 is 1.28 bits per heavy atom. The third kappa shape index (κ3) is 3.10. The van der Waals surface area contributed by atoms with Crippen LogP contribution in [0.5, 0.6) is 0 Å². The summed E-state index contributed by atoms with van der Waals surface area (Å²) in [7, 11) is 1.50. The Bertz CT molecular complexity index is 1100. The van der Waals surface area contributed by atoms with Crippen LogP contribution in [-0.2, 0) is 7.05 Å². The highest BCUT2D eigenvalue weighted by Gasteiger charge is 2.20. The second kappa shape index (κ2) is 6.25. The third-order valence-electron chi connectivity index (χ3n) is 3.80. The van der Waals surface area contributed by atoms with Crippen molar-refractivity contribution < 1.29 is 4.79 Å². The van der Waals surface area contributed by atoms with Crippen molar-refractivity contribution in [1.29, 1.82) is 0 Å². The monoisotopic (exact) mass is 359 g/mol. The van der Waals surface area contributed by atoms with Gasteiger partial charge in [0.15, 0.2) is 0 Å². The Morgan fingerprint density at radius 2 is 2.00 bits per heavy atom. The largest absolute Gasteiger partial charge is 0.343 e. The average Bonchev–Trinajstić information content (AvgIpc) is 2.98. The smallest absolute Gasteiger partial charge is 0.329 e. The topological polar surface area (TPSA) is 110 Å². The highest BCUT2D eigenvalue weighted by atomic mass is 32.1. The van der Waals surface area contributed by atoms with Crippen LogP contribution < -0.4 is 16.6 Å². The van der Waals surface area contributed by atoms with Crippen molar-refractivity contribution in [2.24, 2.45) is 7.05 Å². The average molecular weight is 359 g/mol. The van der Waals surface area contributed by atoms with Gasteiger partial charge in [-0.15, -0.1) is 11.3 Å². The second-order valence-corrected chi connectivity index (χ2v) is 6.74. The van der Waals surface area contributed by atoms with E-state index in [-0.39, 0.29) is 22.6 Å². The van der Waals surface area contributed by atoms with Gasteiger partial charge in [-0.05, 0) is 26.8 Å². The van der Waals surface area contributed by atoms with Crippen LogP contribution in [-0.4, -0.2) is 25.4 Å². The first-order chi connectivity index (χ1) is 11.8. The van der Waals surface area contributed by atoms with E-state index < -0.39 is 17.2 Å². The number of pyridine rings is 1. The predicted octanol–water partition coefficient (Wildman–Crippen LogP) is 1.19. The van der Waals surface area contributed by atoms with Crippen LogP contribution in [0.3, 0.4) is 0 Å². The lowest BCUT2D eigenvalue weighted by Gasteiger charge is -2.13. The number of hydrogen-bond acceptors (Lipinski definition) is 6. The van der Waals surface area contributed by atoms with Gasteiger partial charge in [0.25, 0.3) is 11.5 Å². The quantitative estimate of drug-likeness (QED) is 0.730. The van der Waals surface area contributed by atoms with Crippen LogP contribution in [0.2, 0.25) is 0 Å². The fraction of sp³-hybridized carbons (Fsp3) is 0.312. The molecule has 0 aliphatic carbocycles. The van der Waals surface area contributed by atoms with Gasteiger partial charge in [-0.1, -0.05) is 0 Å². The number of aromatic amines is 1. The van der Waals surface area contributed by atoms with Crippen LogP contribution in [0.4, 0.5) is 0 Å². The standard InChI is InChI=1S/C16H17N5O3S/c1-7-5-10(11-12(17-7)21(4)16(24)20-14(11)23)13(22)19-9(3)15-18-8(2)6-25-15/h5-6,9H,1-4H3,(H,19,22)(H,20,23,24)/t9-/m1/s1. The number of hydrogen-bond donors (Lipinski definition) is 2. The molecule has 25 heavy (non-hydrogen) atoms. The molecule has 0 spiro atoms. The number of rotatable bonds is 3. The van der Waals surface area contributed by atoms with Crippen LogP contribution in [0.15, 0.2) is 21.0 Å². The Morgan fingerprint density at radius 3 is 2.64 bits per heavy atom. The Balaban J connectivity index is 2.09. The number of nitrogens with one attached hydrogen (secondary N) is 2. The maximum atomic E-state index is 12.7. The normalized spacial score (nSPS) is 12.3. The van der Waals surface area contributed by atoms with Gasteiger partial charge in [0.1, 0.15) is 10.7 Å². The SMILES string of the molecule is Cc1csc([C@@H](C)NC(=O)c2cc(C)nc3c2c(=O)[nH]c(=O)n3C)n1. The minimum Gasteiger partial charge on any atom is -0.343 e. The van der Waals surface area contributed by atoms with Crippen LogP contribution in [0.1, 0.15) is 39.7 Å². The van der Waals surface area contributed by atoms with E-state index in [1.165, 1.54) is 29.0 Å². The summed E-state index contributed by atoms with van der Waals surface area (Å²) in [6.45, 7) is 5.41. The van der Waals surface area contributed by atoms with E-state index >= 15 is 0 Å². The van der Waals surface area contributed by atoms with Gasteiger partial charge in [0.05, 0.1) is 17.0 Å². The molecular weight excluding hydrogens is 342 g/mol. The molecule has 9 heteroatoms. The van der Waals surface area contributed by atoms with Crippen LogP contribution in [0, 0.1) is 13.8 Å². The lowest BCUT2D eigenvalue weighted by atomic mass is 10.1. The molecule has 0 aliphatic heterocycles. The number of aromatic nitrogens is 4. The molecule has 3 heterocycles. The van der Waals surface area contributed by atoms with E-state index in [9.17, 15) is 14.4 Å². The minimum absolute atomic E-state index is 0.0905. The first-order valence-electron chi connectivity index (χ1n) is 7.61. The third-order valence-corrected chi connectivity index (χ3v) is 4.94. The van der Waals surface area contributed by atoms with Crippen molar-refractivity contribution in [3.05, 3.63) is 54.2 Å². The fourth-order valence-corrected chi connectivity index (χ4v) is 3.35. The molecule has 1 amide bonds. The molecule has 0 bridgehead atoms. The summed E-state index contributed by atoms with van der Waals surface area (Å²) >= 11 is 1.46. The molecular formula is C16H17N5O3S. The van der Waals surface area contributed by atoms with Gasteiger partial charge in [-0.2, -0.15) is 0 Å². The van der Waals surface area contributed by atoms with E-state index in [0.29, 0.717) is 5.69 Å². The van der Waals surface area contributed by atoms with Gasteiger partial charge in [0.2, 0.25) is 0 Å². The van der Waals surface area contributed by atoms with Gasteiger partial charge < -0.3 is 5.32 Å². The number of amides is 1. The zero-order valence-electron chi connectivity index (χ0n) is 14.2. The van der Waals surface area contributed by atoms with Crippen molar-refractivity contribution in [2.45, 2.75) is 26.8 Å². The van der Waals surface area contributed by atoms with E-state index in [1.54, 1.807) is 6.92 Å². The summed E-state index contributed by atoms with van der Waals surface area (Å²) in [4.78, 5) is 47.6. The fourth-order valence-electron chi connectivity index (χ4n) is 2.55. The van der Waals surface area contributed by atoms with Crippen molar-refractivity contribution in [3.8, 4) is 0 Å². The Hall–Kier alpha value is -2.81. The number of nitrogens with zero attached hydrogens (tertiary/aromatic N) is 3. The van der Waals surface area contributed by atoms with Crippen molar-refractivity contribution in [1.82, 2.24) is 24.8 Å². The maximum Gasteiger partial charge on any atom is 0.329 e. The van der Waals surface area contributed by atoms with Crippen LogP contribution in [0.25, 0.3) is 11.0 Å². The first kappa shape index (κ1) is 17.0. The lowest BCUT2D eigenvalue weighted by Crippen LogP contribution is -2.32. The Kier molecular flexibility index (Phi) is 4.25.